The first kappa shape index (κ1) is 30.1. The van der Waals surface area contributed by atoms with Gasteiger partial charge in [0, 0.05) is 19.6 Å². The van der Waals surface area contributed by atoms with Crippen LogP contribution in [0.3, 0.4) is 0 Å². The number of rotatable bonds is 7. The summed E-state index contributed by atoms with van der Waals surface area (Å²) in [5.41, 5.74) is 11.8. The molecule has 4 N–H and O–H groups in total. The van der Waals surface area contributed by atoms with Crippen LogP contribution in [-0.4, -0.2) is 23.6 Å². The molecule has 0 aliphatic heterocycles. The van der Waals surface area contributed by atoms with Gasteiger partial charge in [0.2, 0.25) is 0 Å². The minimum atomic E-state index is -0.507. The second-order valence-electron chi connectivity index (χ2n) is 8.46. The molecule has 0 atom stereocenters. The second kappa shape index (κ2) is 14.2. The fourth-order valence-corrected chi connectivity index (χ4v) is 6.63. The lowest BCUT2D eigenvalue weighted by atomic mass is 10.1. The third-order valence-corrected chi connectivity index (χ3v) is 8.93. The lowest BCUT2D eigenvalue weighted by Crippen LogP contribution is -2.42. The third kappa shape index (κ3) is 7.67. The summed E-state index contributed by atoms with van der Waals surface area (Å²) in [7, 11) is 2.54. The van der Waals surface area contributed by atoms with Gasteiger partial charge in [-0.15, -0.1) is 25.3 Å². The van der Waals surface area contributed by atoms with E-state index in [2.05, 4.69) is 47.0 Å². The van der Waals surface area contributed by atoms with Crippen LogP contribution < -0.4 is 21.7 Å². The number of hydrogen-bond donors (Lipinski definition) is 6. The first-order chi connectivity index (χ1) is 19.8. The van der Waals surface area contributed by atoms with E-state index in [1.54, 1.807) is 97.9 Å². The summed E-state index contributed by atoms with van der Waals surface area (Å²) in [5.74, 6) is -1.99. The molecule has 0 heterocycles. The minimum absolute atomic E-state index is 0.324. The summed E-state index contributed by atoms with van der Waals surface area (Å²) >= 11 is 8.60. The molecule has 4 aromatic rings. The van der Waals surface area contributed by atoms with Crippen molar-refractivity contribution in [1.29, 1.82) is 0 Å². The standard InChI is InChI=1S/C29H24N4O4S4/c1-17-9-8-14-22(39)25(17)29(37)33-32-28(36)20-12-4-7-16-24(20)41-40-23-15-6-3-11-19(23)27(35)31-30-26(34)18-10-2-5-13-21(18)38/h2-16,38-39H,1H3,(H,30,34)(H,31,35)(H,32,36)(H,33,37). The maximum Gasteiger partial charge on any atom is 0.271 e. The maximum absolute atomic E-state index is 13.0. The van der Waals surface area contributed by atoms with Crippen molar-refractivity contribution >= 4 is 70.5 Å². The van der Waals surface area contributed by atoms with E-state index in [1.807, 2.05) is 0 Å². The molecule has 208 valence electrons. The number of aryl methyl sites for hydroxylation is 1. The molecule has 41 heavy (non-hydrogen) atoms. The molecule has 0 saturated carbocycles. The van der Waals surface area contributed by atoms with E-state index in [-0.39, 0.29) is 0 Å². The van der Waals surface area contributed by atoms with Crippen LogP contribution in [-0.2, 0) is 0 Å². The topological polar surface area (TPSA) is 116 Å². The molecular formula is C29H24N4O4S4. The van der Waals surface area contributed by atoms with Gasteiger partial charge < -0.3 is 0 Å². The van der Waals surface area contributed by atoms with Gasteiger partial charge in [0.15, 0.2) is 0 Å². The van der Waals surface area contributed by atoms with Crippen LogP contribution in [0.25, 0.3) is 0 Å². The quantitative estimate of drug-likeness (QED) is 0.0921. The molecular weight excluding hydrogens is 597 g/mol. The number of benzene rings is 4. The molecule has 4 aromatic carbocycles. The number of amides is 4. The highest BCUT2D eigenvalue weighted by Gasteiger charge is 2.18. The highest BCUT2D eigenvalue weighted by Crippen LogP contribution is 2.40. The van der Waals surface area contributed by atoms with Gasteiger partial charge in [-0.1, -0.05) is 70.1 Å². The molecule has 0 saturated heterocycles. The number of hydrazine groups is 2. The van der Waals surface area contributed by atoms with Crippen LogP contribution in [0, 0.1) is 6.92 Å². The highest BCUT2D eigenvalue weighted by molar-refractivity contribution is 8.76. The summed E-state index contributed by atoms with van der Waals surface area (Å²) in [6.07, 6.45) is 0. The second-order valence-corrected chi connectivity index (χ2v) is 11.6. The number of thiol groups is 2. The van der Waals surface area contributed by atoms with Crippen LogP contribution in [0.4, 0.5) is 0 Å². The number of hydrogen-bond acceptors (Lipinski definition) is 8. The predicted molar refractivity (Wildman–Crippen MR) is 167 cm³/mol. The minimum Gasteiger partial charge on any atom is -0.267 e. The first-order valence-corrected chi connectivity index (χ1v) is 15.1. The van der Waals surface area contributed by atoms with Gasteiger partial charge in [0.05, 0.1) is 22.3 Å². The van der Waals surface area contributed by atoms with Gasteiger partial charge in [0.25, 0.3) is 23.6 Å². The lowest BCUT2D eigenvalue weighted by Gasteiger charge is -2.13. The smallest absolute Gasteiger partial charge is 0.267 e. The third-order valence-electron chi connectivity index (χ3n) is 5.69. The average molecular weight is 621 g/mol. The van der Waals surface area contributed by atoms with Gasteiger partial charge >= 0.3 is 0 Å². The van der Waals surface area contributed by atoms with E-state index in [1.165, 1.54) is 21.6 Å². The molecule has 0 bridgehead atoms. The maximum atomic E-state index is 13.0. The van der Waals surface area contributed by atoms with Crippen molar-refractivity contribution in [3.8, 4) is 0 Å². The largest absolute Gasteiger partial charge is 0.271 e. The van der Waals surface area contributed by atoms with E-state index in [4.69, 9.17) is 0 Å². The van der Waals surface area contributed by atoms with E-state index in [9.17, 15) is 19.2 Å². The zero-order valence-corrected chi connectivity index (χ0v) is 24.9. The fourth-order valence-electron chi connectivity index (χ4n) is 3.65. The normalized spacial score (nSPS) is 10.4. The van der Waals surface area contributed by atoms with Gasteiger partial charge in [-0.3, -0.25) is 40.9 Å². The van der Waals surface area contributed by atoms with Crippen LogP contribution in [0.15, 0.2) is 111 Å². The van der Waals surface area contributed by atoms with Crippen LogP contribution >= 0.6 is 46.8 Å². The number of carbonyl (C=O) groups is 4. The van der Waals surface area contributed by atoms with E-state index in [0.717, 1.165) is 5.56 Å². The molecule has 4 amide bonds. The monoisotopic (exact) mass is 620 g/mol. The van der Waals surface area contributed by atoms with E-state index >= 15 is 0 Å². The summed E-state index contributed by atoms with van der Waals surface area (Å²) in [6, 6.07) is 25.8. The molecule has 0 aliphatic carbocycles. The molecule has 0 radical (unpaired) electrons. The Bertz CT molecular complexity index is 1610. The van der Waals surface area contributed by atoms with Crippen LogP contribution in [0.2, 0.25) is 0 Å². The van der Waals surface area contributed by atoms with Gasteiger partial charge in [-0.2, -0.15) is 0 Å². The first-order valence-electron chi connectivity index (χ1n) is 12.1. The molecule has 0 aromatic heterocycles. The summed E-state index contributed by atoms with van der Waals surface area (Å²) < 4.78 is 0. The Morgan fingerprint density at radius 1 is 0.512 bits per heavy atom. The zero-order chi connectivity index (χ0) is 29.4. The van der Waals surface area contributed by atoms with Crippen molar-refractivity contribution < 1.29 is 19.2 Å². The molecule has 0 aliphatic rings. The van der Waals surface area contributed by atoms with E-state index in [0.29, 0.717) is 41.8 Å². The van der Waals surface area contributed by atoms with E-state index < -0.39 is 23.6 Å². The van der Waals surface area contributed by atoms with Gasteiger partial charge in [0.1, 0.15) is 0 Å². The van der Waals surface area contributed by atoms with Crippen molar-refractivity contribution in [2.75, 3.05) is 0 Å². The molecule has 0 unspecified atom stereocenters. The van der Waals surface area contributed by atoms with Gasteiger partial charge in [-0.25, -0.2) is 0 Å². The molecule has 4 rings (SSSR count). The molecule has 8 nitrogen and oxygen atoms in total. The summed E-state index contributed by atoms with van der Waals surface area (Å²) in [6.45, 7) is 1.78. The zero-order valence-electron chi connectivity index (χ0n) is 21.5. The Morgan fingerprint density at radius 3 is 1.44 bits per heavy atom. The van der Waals surface area contributed by atoms with Crippen LogP contribution in [0.5, 0.6) is 0 Å². The Balaban J connectivity index is 1.40. The predicted octanol–water partition coefficient (Wildman–Crippen LogP) is 5.52. The van der Waals surface area contributed by atoms with Crippen molar-refractivity contribution in [2.24, 2.45) is 0 Å². The Labute approximate surface area is 255 Å². The Morgan fingerprint density at radius 2 is 0.927 bits per heavy atom. The van der Waals surface area contributed by atoms with Crippen molar-refractivity contribution in [2.45, 2.75) is 26.5 Å². The molecule has 0 spiro atoms. The van der Waals surface area contributed by atoms with Crippen molar-refractivity contribution in [3.05, 3.63) is 119 Å². The Kier molecular flexibility index (Phi) is 10.4. The summed E-state index contributed by atoms with van der Waals surface area (Å²) in [5, 5.41) is 0. The highest BCUT2D eigenvalue weighted by atomic mass is 33.1. The average Bonchev–Trinajstić information content (AvgIpc) is 2.98. The Hall–Kier alpha value is -3.84. The van der Waals surface area contributed by atoms with Crippen molar-refractivity contribution in [3.63, 3.8) is 0 Å². The fraction of sp³-hybridized carbons (Fsp3) is 0.0345. The SMILES string of the molecule is Cc1cccc(S)c1C(=O)NNC(=O)c1ccccc1SSc1ccccc1C(=O)NNC(=O)c1ccccc1S. The van der Waals surface area contributed by atoms with Crippen LogP contribution in [0.1, 0.15) is 47.0 Å². The molecule has 0 fully saturated rings. The summed E-state index contributed by atoms with van der Waals surface area (Å²) in [4.78, 5) is 53.2. The lowest BCUT2D eigenvalue weighted by molar-refractivity contribution is 0.0843. The number of carbonyl (C=O) groups excluding carboxylic acids is 4. The van der Waals surface area contributed by atoms with Gasteiger partial charge in [-0.05, 0) is 55.0 Å². The van der Waals surface area contributed by atoms with Crippen molar-refractivity contribution in [1.82, 2.24) is 21.7 Å². The molecule has 12 heteroatoms. The number of nitrogens with one attached hydrogen (secondary N) is 4.